The van der Waals surface area contributed by atoms with Gasteiger partial charge in [-0.2, -0.15) is 12.6 Å². The van der Waals surface area contributed by atoms with Crippen LogP contribution in [0.3, 0.4) is 0 Å². The van der Waals surface area contributed by atoms with Gasteiger partial charge in [-0.25, -0.2) is 0 Å². The average molecular weight is 208 g/mol. The average Bonchev–Trinajstić information content (AvgIpc) is 2.28. The number of aryl methyl sites for hydroxylation is 1. The van der Waals surface area contributed by atoms with Crippen LogP contribution < -0.4 is 0 Å². The van der Waals surface area contributed by atoms with Crippen molar-refractivity contribution in [3.63, 3.8) is 0 Å². The van der Waals surface area contributed by atoms with Crippen LogP contribution in [0.25, 0.3) is 0 Å². The smallest absolute Gasteiger partial charge is 0.0375 e. The highest BCUT2D eigenvalue weighted by Gasteiger charge is 2.25. The van der Waals surface area contributed by atoms with E-state index in [0.717, 1.165) is 19.3 Å². The summed E-state index contributed by atoms with van der Waals surface area (Å²) in [4.78, 5) is 0. The minimum Gasteiger partial charge on any atom is -0.168 e. The van der Waals surface area contributed by atoms with Crippen LogP contribution in [0.15, 0.2) is 24.3 Å². The fourth-order valence-corrected chi connectivity index (χ4v) is 2.13. The largest absolute Gasteiger partial charge is 0.168 e. The summed E-state index contributed by atoms with van der Waals surface area (Å²) in [5.74, 6) is 0. The van der Waals surface area contributed by atoms with Gasteiger partial charge in [0.25, 0.3) is 0 Å². The molecule has 0 fully saturated rings. The molecule has 0 nitrogen and oxygen atoms in total. The molecule has 1 aromatic carbocycles. The van der Waals surface area contributed by atoms with Gasteiger partial charge in [0, 0.05) is 4.75 Å². The molecule has 0 unspecified atom stereocenters. The minimum atomic E-state index is 0.0621. The fraction of sp³-hybridized carbons (Fsp3) is 0.538. The van der Waals surface area contributed by atoms with Gasteiger partial charge in [-0.05, 0) is 30.4 Å². The summed E-state index contributed by atoms with van der Waals surface area (Å²) in [7, 11) is 0. The van der Waals surface area contributed by atoms with Gasteiger partial charge in [0.2, 0.25) is 0 Å². The van der Waals surface area contributed by atoms with E-state index in [1.54, 1.807) is 0 Å². The molecule has 0 aliphatic heterocycles. The number of benzene rings is 1. The van der Waals surface area contributed by atoms with Gasteiger partial charge < -0.3 is 0 Å². The van der Waals surface area contributed by atoms with Crippen LogP contribution in [-0.4, -0.2) is 0 Å². The molecule has 0 radical (unpaired) electrons. The van der Waals surface area contributed by atoms with Crippen molar-refractivity contribution in [2.45, 2.75) is 44.8 Å². The Bertz CT molecular complexity index is 287. The molecule has 14 heavy (non-hydrogen) atoms. The molecule has 0 amide bonds. The van der Waals surface area contributed by atoms with Crippen molar-refractivity contribution in [1.82, 2.24) is 0 Å². The summed E-state index contributed by atoms with van der Waals surface area (Å²) in [6.45, 7) is 6.63. The standard InChI is InChI=1S/C13H20S/c1-4-11-9-7-8-10-12(11)13(14,5-2)6-3/h7-10,14H,4-6H2,1-3H3. The van der Waals surface area contributed by atoms with E-state index in [4.69, 9.17) is 12.6 Å². The van der Waals surface area contributed by atoms with Gasteiger partial charge in [0.15, 0.2) is 0 Å². The molecule has 0 aliphatic carbocycles. The maximum Gasteiger partial charge on any atom is 0.0375 e. The minimum absolute atomic E-state index is 0.0621. The van der Waals surface area contributed by atoms with E-state index in [9.17, 15) is 0 Å². The highest BCUT2D eigenvalue weighted by Crippen LogP contribution is 2.37. The van der Waals surface area contributed by atoms with E-state index in [1.807, 2.05) is 0 Å². The third-order valence-corrected chi connectivity index (χ3v) is 3.94. The molecular formula is C13H20S. The Morgan fingerprint density at radius 1 is 1.07 bits per heavy atom. The lowest BCUT2D eigenvalue weighted by molar-refractivity contribution is 0.579. The van der Waals surface area contributed by atoms with Crippen LogP contribution >= 0.6 is 12.6 Å². The third kappa shape index (κ3) is 2.14. The molecule has 0 saturated carbocycles. The maximum atomic E-state index is 4.83. The van der Waals surface area contributed by atoms with Crippen molar-refractivity contribution >= 4 is 12.6 Å². The lowest BCUT2D eigenvalue weighted by Crippen LogP contribution is -2.18. The lowest BCUT2D eigenvalue weighted by Gasteiger charge is -2.28. The van der Waals surface area contributed by atoms with Crippen LogP contribution in [0.4, 0.5) is 0 Å². The molecular weight excluding hydrogens is 188 g/mol. The Hall–Kier alpha value is -0.430. The van der Waals surface area contributed by atoms with Crippen LogP contribution in [0, 0.1) is 0 Å². The first kappa shape index (κ1) is 11.6. The Morgan fingerprint density at radius 2 is 1.64 bits per heavy atom. The molecule has 78 valence electrons. The van der Waals surface area contributed by atoms with Crippen molar-refractivity contribution in [1.29, 1.82) is 0 Å². The first-order valence-corrected chi connectivity index (χ1v) is 5.93. The summed E-state index contributed by atoms with van der Waals surface area (Å²) >= 11 is 4.83. The van der Waals surface area contributed by atoms with Crippen molar-refractivity contribution in [2.24, 2.45) is 0 Å². The van der Waals surface area contributed by atoms with E-state index in [-0.39, 0.29) is 4.75 Å². The van der Waals surface area contributed by atoms with E-state index in [1.165, 1.54) is 11.1 Å². The fourth-order valence-electron chi connectivity index (χ4n) is 1.91. The van der Waals surface area contributed by atoms with E-state index < -0.39 is 0 Å². The molecule has 0 N–H and O–H groups in total. The monoisotopic (exact) mass is 208 g/mol. The molecule has 0 spiro atoms. The SMILES string of the molecule is CCc1ccccc1C(S)(CC)CC. The highest BCUT2D eigenvalue weighted by atomic mass is 32.1. The molecule has 0 saturated heterocycles. The summed E-state index contributed by atoms with van der Waals surface area (Å²) in [6.07, 6.45) is 3.27. The zero-order valence-electron chi connectivity index (χ0n) is 9.38. The summed E-state index contributed by atoms with van der Waals surface area (Å²) in [5.41, 5.74) is 2.85. The number of hydrogen-bond acceptors (Lipinski definition) is 1. The van der Waals surface area contributed by atoms with Gasteiger partial charge in [0.05, 0.1) is 0 Å². The Morgan fingerprint density at radius 3 is 2.14 bits per heavy atom. The van der Waals surface area contributed by atoms with Crippen LogP contribution in [0.5, 0.6) is 0 Å². The molecule has 1 aromatic rings. The van der Waals surface area contributed by atoms with E-state index >= 15 is 0 Å². The molecule has 0 heterocycles. The van der Waals surface area contributed by atoms with Crippen molar-refractivity contribution in [3.05, 3.63) is 35.4 Å². The summed E-state index contributed by atoms with van der Waals surface area (Å²) in [6, 6.07) is 8.66. The first-order valence-electron chi connectivity index (χ1n) is 5.48. The van der Waals surface area contributed by atoms with Crippen LogP contribution in [-0.2, 0) is 11.2 Å². The van der Waals surface area contributed by atoms with Crippen molar-refractivity contribution < 1.29 is 0 Å². The zero-order valence-corrected chi connectivity index (χ0v) is 10.3. The molecule has 0 atom stereocenters. The van der Waals surface area contributed by atoms with Gasteiger partial charge in [-0.15, -0.1) is 0 Å². The van der Waals surface area contributed by atoms with Crippen LogP contribution in [0.1, 0.15) is 44.7 Å². The molecule has 0 aliphatic rings. The van der Waals surface area contributed by atoms with Gasteiger partial charge in [-0.1, -0.05) is 45.0 Å². The van der Waals surface area contributed by atoms with E-state index in [2.05, 4.69) is 45.0 Å². The van der Waals surface area contributed by atoms with E-state index in [0.29, 0.717) is 0 Å². The lowest BCUT2D eigenvalue weighted by atomic mass is 9.88. The Balaban J connectivity index is 3.15. The topological polar surface area (TPSA) is 0 Å². The Labute approximate surface area is 93.1 Å². The van der Waals surface area contributed by atoms with Crippen molar-refractivity contribution in [3.8, 4) is 0 Å². The molecule has 0 aromatic heterocycles. The van der Waals surface area contributed by atoms with Crippen LogP contribution in [0.2, 0.25) is 0 Å². The maximum absolute atomic E-state index is 4.83. The predicted octanol–water partition coefficient (Wildman–Crippen LogP) is 4.19. The Kier molecular flexibility index (Phi) is 4.06. The molecule has 1 heteroatoms. The van der Waals surface area contributed by atoms with Gasteiger partial charge in [-0.3, -0.25) is 0 Å². The van der Waals surface area contributed by atoms with Crippen molar-refractivity contribution in [2.75, 3.05) is 0 Å². The zero-order chi connectivity index (χ0) is 10.6. The second-order valence-corrected chi connectivity index (χ2v) is 4.61. The molecule has 1 rings (SSSR count). The summed E-state index contributed by atoms with van der Waals surface area (Å²) < 4.78 is 0.0621. The summed E-state index contributed by atoms with van der Waals surface area (Å²) in [5, 5.41) is 0. The number of rotatable bonds is 4. The third-order valence-electron chi connectivity index (χ3n) is 3.07. The first-order chi connectivity index (χ1) is 6.68. The second kappa shape index (κ2) is 4.88. The normalized spacial score (nSPS) is 11.7. The quantitative estimate of drug-likeness (QED) is 0.705. The number of hydrogen-bond donors (Lipinski definition) is 1. The highest BCUT2D eigenvalue weighted by molar-refractivity contribution is 7.81. The second-order valence-electron chi connectivity index (χ2n) is 3.75. The molecule has 0 bridgehead atoms. The van der Waals surface area contributed by atoms with Gasteiger partial charge >= 0.3 is 0 Å². The van der Waals surface area contributed by atoms with Gasteiger partial charge in [0.1, 0.15) is 0 Å². The predicted molar refractivity (Wildman–Crippen MR) is 67.1 cm³/mol. The number of thiol groups is 1.